The molecule has 0 aliphatic carbocycles. The van der Waals surface area contributed by atoms with E-state index >= 15 is 0 Å². The maximum atomic E-state index is 13.0. The molecule has 2 N–H and O–H groups in total. The van der Waals surface area contributed by atoms with Crippen LogP contribution in [0.15, 0.2) is 54.6 Å². The van der Waals surface area contributed by atoms with Crippen LogP contribution in [0.5, 0.6) is 0 Å². The van der Waals surface area contributed by atoms with Gasteiger partial charge in [0.05, 0.1) is 13.7 Å². The van der Waals surface area contributed by atoms with Crippen LogP contribution in [0, 0.1) is 0 Å². The van der Waals surface area contributed by atoms with Gasteiger partial charge in [-0.1, -0.05) is 74.2 Å². The van der Waals surface area contributed by atoms with Crippen LogP contribution in [-0.4, -0.2) is 63.6 Å². The SMILES string of the molecule is COC(=O)[C@H](Cc1ccc(C[C@H](NC(=O)OC(C)(C)C)C(=O)OCc2ccccc2)cc1)NC(=O)OCC[Si](C)(C)C. The molecule has 0 aromatic heterocycles. The van der Waals surface area contributed by atoms with Crippen molar-refractivity contribution >= 4 is 32.2 Å². The summed E-state index contributed by atoms with van der Waals surface area (Å²) in [6.07, 6.45) is -1.08. The third kappa shape index (κ3) is 13.7. The molecule has 0 saturated carbocycles. The van der Waals surface area contributed by atoms with Crippen LogP contribution >= 0.6 is 0 Å². The Kier molecular flexibility index (Phi) is 13.0. The van der Waals surface area contributed by atoms with E-state index in [0.29, 0.717) is 0 Å². The lowest BCUT2D eigenvalue weighted by atomic mass is 10.0. The minimum Gasteiger partial charge on any atom is -0.467 e. The van der Waals surface area contributed by atoms with Crippen molar-refractivity contribution in [2.24, 2.45) is 0 Å². The molecule has 10 nitrogen and oxygen atoms in total. The van der Waals surface area contributed by atoms with Gasteiger partial charge in [0, 0.05) is 20.9 Å². The second kappa shape index (κ2) is 16.0. The molecule has 0 saturated heterocycles. The Morgan fingerprint density at radius 2 is 1.26 bits per heavy atom. The maximum absolute atomic E-state index is 13.0. The fourth-order valence-electron chi connectivity index (χ4n) is 3.72. The summed E-state index contributed by atoms with van der Waals surface area (Å²) in [5.74, 6) is -1.19. The first kappa shape index (κ1) is 34.3. The summed E-state index contributed by atoms with van der Waals surface area (Å²) in [5.41, 5.74) is 1.57. The molecule has 0 unspecified atom stereocenters. The van der Waals surface area contributed by atoms with Gasteiger partial charge < -0.3 is 29.6 Å². The summed E-state index contributed by atoms with van der Waals surface area (Å²) >= 11 is 0. The lowest BCUT2D eigenvalue weighted by molar-refractivity contribution is -0.147. The highest BCUT2D eigenvalue weighted by Gasteiger charge is 2.27. The van der Waals surface area contributed by atoms with Crippen LogP contribution in [0.2, 0.25) is 25.7 Å². The highest BCUT2D eigenvalue weighted by Crippen LogP contribution is 2.14. The minimum atomic E-state index is -1.37. The predicted octanol–water partition coefficient (Wildman–Crippen LogP) is 5.01. The zero-order chi connectivity index (χ0) is 31.3. The van der Waals surface area contributed by atoms with Crippen molar-refractivity contribution in [1.82, 2.24) is 10.6 Å². The Morgan fingerprint density at radius 3 is 1.76 bits per heavy atom. The topological polar surface area (TPSA) is 129 Å². The van der Waals surface area contributed by atoms with Gasteiger partial charge in [-0.3, -0.25) is 0 Å². The number of carbonyl (C=O) groups excluding carboxylic acids is 4. The monoisotopic (exact) mass is 600 g/mol. The molecule has 0 aliphatic heterocycles. The van der Waals surface area contributed by atoms with E-state index in [0.717, 1.165) is 22.7 Å². The summed E-state index contributed by atoms with van der Waals surface area (Å²) in [4.78, 5) is 50.1. The first-order valence-electron chi connectivity index (χ1n) is 13.9. The van der Waals surface area contributed by atoms with Gasteiger partial charge in [0.1, 0.15) is 24.3 Å². The largest absolute Gasteiger partial charge is 0.467 e. The Hall–Kier alpha value is -3.86. The van der Waals surface area contributed by atoms with Crippen molar-refractivity contribution in [2.75, 3.05) is 13.7 Å². The average Bonchev–Trinajstić information content (AvgIpc) is 2.90. The van der Waals surface area contributed by atoms with Gasteiger partial charge in [-0.25, -0.2) is 19.2 Å². The van der Waals surface area contributed by atoms with E-state index in [1.54, 1.807) is 45.0 Å². The summed E-state index contributed by atoms with van der Waals surface area (Å²) in [5, 5.41) is 5.21. The van der Waals surface area contributed by atoms with Gasteiger partial charge in [-0.05, 0) is 43.5 Å². The predicted molar refractivity (Wildman–Crippen MR) is 162 cm³/mol. The highest BCUT2D eigenvalue weighted by atomic mass is 28.3. The zero-order valence-electron chi connectivity index (χ0n) is 25.7. The fraction of sp³-hybridized carbons (Fsp3) is 0.484. The summed E-state index contributed by atoms with van der Waals surface area (Å²) in [6.45, 7) is 12.1. The molecule has 0 aliphatic rings. The number of benzene rings is 2. The molecule has 0 radical (unpaired) electrons. The molecule has 0 heterocycles. The van der Waals surface area contributed by atoms with Crippen LogP contribution in [0.1, 0.15) is 37.5 Å². The molecule has 2 aromatic rings. The van der Waals surface area contributed by atoms with Crippen molar-refractivity contribution < 1.29 is 38.1 Å². The van der Waals surface area contributed by atoms with Crippen molar-refractivity contribution in [3.05, 3.63) is 71.3 Å². The van der Waals surface area contributed by atoms with Gasteiger partial charge in [0.2, 0.25) is 0 Å². The number of ether oxygens (including phenoxy) is 4. The lowest BCUT2D eigenvalue weighted by Gasteiger charge is -2.23. The fourth-order valence-corrected chi connectivity index (χ4v) is 4.44. The molecule has 2 amide bonds. The maximum Gasteiger partial charge on any atom is 0.408 e. The van der Waals surface area contributed by atoms with Gasteiger partial charge in [0.15, 0.2) is 0 Å². The van der Waals surface area contributed by atoms with E-state index in [-0.39, 0.29) is 26.1 Å². The minimum absolute atomic E-state index is 0.0631. The second-order valence-electron chi connectivity index (χ2n) is 12.2. The standard InChI is InChI=1S/C31H44N2O8Si/c1-31(2,3)41-30(37)33-26(28(35)40-21-24-11-9-8-10-12-24)20-23-15-13-22(14-16-23)19-25(27(34)38-4)32-29(36)39-17-18-42(5,6)7/h8-16,25-26H,17-21H2,1-7H3,(H,32,36)(H,33,37)/t25-,26-/m0/s1. The van der Waals surface area contributed by atoms with E-state index < -0.39 is 49.9 Å². The first-order chi connectivity index (χ1) is 19.6. The highest BCUT2D eigenvalue weighted by molar-refractivity contribution is 6.76. The van der Waals surface area contributed by atoms with Crippen LogP contribution in [0.25, 0.3) is 0 Å². The molecular weight excluding hydrogens is 556 g/mol. The number of esters is 2. The van der Waals surface area contributed by atoms with E-state index in [1.807, 2.05) is 30.3 Å². The van der Waals surface area contributed by atoms with Crippen LogP contribution < -0.4 is 10.6 Å². The van der Waals surface area contributed by atoms with Gasteiger partial charge in [0.25, 0.3) is 0 Å². The third-order valence-corrected chi connectivity index (χ3v) is 7.67. The smallest absolute Gasteiger partial charge is 0.408 e. The molecule has 0 bridgehead atoms. The first-order valence-corrected chi connectivity index (χ1v) is 17.6. The Morgan fingerprint density at radius 1 is 0.738 bits per heavy atom. The molecular formula is C31H44N2O8Si. The Balaban J connectivity index is 2.08. The van der Waals surface area contributed by atoms with E-state index in [4.69, 9.17) is 18.9 Å². The molecule has 230 valence electrons. The summed E-state index contributed by atoms with van der Waals surface area (Å²) in [6, 6.07) is 15.2. The van der Waals surface area contributed by atoms with Crippen molar-refractivity contribution in [3.8, 4) is 0 Å². The Labute approximate surface area is 249 Å². The number of hydrogen-bond donors (Lipinski definition) is 2. The van der Waals surface area contributed by atoms with Gasteiger partial charge in [-0.15, -0.1) is 0 Å². The number of hydrogen-bond acceptors (Lipinski definition) is 8. The number of amides is 2. The van der Waals surface area contributed by atoms with Crippen molar-refractivity contribution in [2.45, 2.75) is 83.6 Å². The second-order valence-corrected chi connectivity index (χ2v) is 17.8. The number of rotatable bonds is 13. The number of nitrogens with one attached hydrogen (secondary N) is 2. The van der Waals surface area contributed by atoms with Crippen molar-refractivity contribution in [3.63, 3.8) is 0 Å². The molecule has 11 heteroatoms. The van der Waals surface area contributed by atoms with Crippen LogP contribution in [0.4, 0.5) is 9.59 Å². The summed E-state index contributed by atoms with van der Waals surface area (Å²) < 4.78 is 21.0. The Bertz CT molecular complexity index is 1170. The van der Waals surface area contributed by atoms with E-state index in [2.05, 4.69) is 30.3 Å². The van der Waals surface area contributed by atoms with Crippen LogP contribution in [0.3, 0.4) is 0 Å². The molecule has 0 spiro atoms. The average molecular weight is 601 g/mol. The lowest BCUT2D eigenvalue weighted by Crippen LogP contribution is -2.45. The normalized spacial score (nSPS) is 12.8. The number of alkyl carbamates (subject to hydrolysis) is 2. The summed E-state index contributed by atoms with van der Waals surface area (Å²) in [7, 11) is -0.119. The van der Waals surface area contributed by atoms with E-state index in [1.165, 1.54) is 7.11 Å². The molecule has 0 fully saturated rings. The van der Waals surface area contributed by atoms with Gasteiger partial charge in [-0.2, -0.15) is 0 Å². The molecule has 2 rings (SSSR count). The number of methoxy groups -OCH3 is 1. The number of carbonyl (C=O) groups is 4. The van der Waals surface area contributed by atoms with Crippen molar-refractivity contribution in [1.29, 1.82) is 0 Å². The zero-order valence-corrected chi connectivity index (χ0v) is 26.7. The molecule has 2 atom stereocenters. The molecule has 2 aromatic carbocycles. The van der Waals surface area contributed by atoms with Crippen LogP contribution in [-0.2, 0) is 48.0 Å². The third-order valence-electron chi connectivity index (χ3n) is 5.97. The molecule has 42 heavy (non-hydrogen) atoms. The quantitative estimate of drug-likeness (QED) is 0.186. The van der Waals surface area contributed by atoms with Gasteiger partial charge >= 0.3 is 24.1 Å². The van der Waals surface area contributed by atoms with E-state index in [9.17, 15) is 19.2 Å².